The Labute approximate surface area is 98.1 Å². The van der Waals surface area contributed by atoms with Gasteiger partial charge in [-0.1, -0.05) is 0 Å². The summed E-state index contributed by atoms with van der Waals surface area (Å²) in [6.07, 6.45) is 3.94. The molecule has 0 atom stereocenters. The average molecular weight is 226 g/mol. The second-order valence-corrected chi connectivity index (χ2v) is 4.15. The largest absolute Gasteiger partial charge is 0.454 e. The molecule has 2 aliphatic rings. The molecular weight excluding hydrogens is 216 g/mol. The molecule has 2 aliphatic heterocycles. The summed E-state index contributed by atoms with van der Waals surface area (Å²) in [5, 5.41) is 0. The van der Waals surface area contributed by atoms with Gasteiger partial charge in [0.2, 0.25) is 6.79 Å². The third-order valence-electron chi connectivity index (χ3n) is 3.12. The van der Waals surface area contributed by atoms with Crippen molar-refractivity contribution in [2.45, 2.75) is 6.54 Å². The second-order valence-electron chi connectivity index (χ2n) is 4.15. The molecule has 0 bridgehead atoms. The molecule has 1 aromatic heterocycles. The number of benzene rings is 1. The Balaban J connectivity index is 1.90. The molecule has 4 rings (SSSR count). The van der Waals surface area contributed by atoms with Gasteiger partial charge >= 0.3 is 0 Å². The van der Waals surface area contributed by atoms with Crippen LogP contribution in [-0.2, 0) is 6.54 Å². The van der Waals surface area contributed by atoms with E-state index in [-0.39, 0.29) is 0 Å². The van der Waals surface area contributed by atoms with Crippen molar-refractivity contribution >= 4 is 11.9 Å². The van der Waals surface area contributed by atoms with Crippen LogP contribution in [0.1, 0.15) is 11.3 Å². The molecule has 17 heavy (non-hydrogen) atoms. The van der Waals surface area contributed by atoms with Crippen molar-refractivity contribution < 1.29 is 9.47 Å². The van der Waals surface area contributed by atoms with Gasteiger partial charge in [-0.25, -0.2) is 0 Å². The lowest BCUT2D eigenvalue weighted by molar-refractivity contribution is 0.174. The van der Waals surface area contributed by atoms with E-state index in [9.17, 15) is 0 Å². The lowest BCUT2D eigenvalue weighted by Crippen LogP contribution is -2.00. The van der Waals surface area contributed by atoms with Crippen molar-refractivity contribution in [3.63, 3.8) is 0 Å². The molecule has 0 spiro atoms. The molecule has 3 heterocycles. The van der Waals surface area contributed by atoms with E-state index < -0.39 is 0 Å². The summed E-state index contributed by atoms with van der Waals surface area (Å²) in [4.78, 5) is 4.50. The number of ether oxygens (including phenoxy) is 2. The summed E-state index contributed by atoms with van der Waals surface area (Å²) in [7, 11) is 0. The molecule has 0 amide bonds. The van der Waals surface area contributed by atoms with Gasteiger partial charge in [0.15, 0.2) is 11.5 Å². The lowest BCUT2D eigenvalue weighted by atomic mass is 10.1. The molecule has 0 saturated carbocycles. The number of aliphatic imine (C=N–C) groups is 1. The smallest absolute Gasteiger partial charge is 0.231 e. The first-order chi connectivity index (χ1) is 8.40. The van der Waals surface area contributed by atoms with Crippen LogP contribution in [0.2, 0.25) is 0 Å². The normalized spacial score (nSPS) is 15.3. The van der Waals surface area contributed by atoms with Crippen molar-refractivity contribution in [1.82, 2.24) is 4.57 Å². The minimum atomic E-state index is 0.302. The van der Waals surface area contributed by atoms with Crippen molar-refractivity contribution in [1.29, 1.82) is 0 Å². The molecule has 0 radical (unpaired) electrons. The Morgan fingerprint density at radius 3 is 3.00 bits per heavy atom. The highest BCUT2D eigenvalue weighted by atomic mass is 16.7. The highest BCUT2D eigenvalue weighted by Gasteiger charge is 2.18. The Morgan fingerprint density at radius 2 is 2.06 bits per heavy atom. The predicted octanol–water partition coefficient (Wildman–Crippen LogP) is 2.33. The number of rotatable bonds is 0. The summed E-state index contributed by atoms with van der Waals surface area (Å²) >= 11 is 0. The lowest BCUT2D eigenvalue weighted by Gasteiger charge is -2.07. The van der Waals surface area contributed by atoms with Crippen LogP contribution in [-0.4, -0.2) is 17.6 Å². The van der Waals surface area contributed by atoms with Crippen molar-refractivity contribution in [3.8, 4) is 11.5 Å². The second kappa shape index (κ2) is 3.13. The van der Waals surface area contributed by atoms with Gasteiger partial charge in [-0.3, -0.25) is 4.99 Å². The van der Waals surface area contributed by atoms with Gasteiger partial charge in [0.25, 0.3) is 0 Å². The summed E-state index contributed by atoms with van der Waals surface area (Å²) in [5.41, 5.74) is 3.22. The third kappa shape index (κ3) is 1.27. The number of aromatic nitrogens is 1. The monoisotopic (exact) mass is 226 g/mol. The fourth-order valence-corrected chi connectivity index (χ4v) is 2.23. The molecule has 0 aliphatic carbocycles. The van der Waals surface area contributed by atoms with Crippen LogP contribution in [0.5, 0.6) is 11.5 Å². The average Bonchev–Trinajstić information content (AvgIpc) is 2.92. The molecule has 84 valence electrons. The standard InChI is InChI=1S/C13H10N2O2/c1-2-10-6-14-11-5-13-12(16-8-17-13)4-9(11)7-15(10)3-1/h1-6H,7-8H2. The van der Waals surface area contributed by atoms with Crippen LogP contribution in [0.3, 0.4) is 0 Å². The van der Waals surface area contributed by atoms with Gasteiger partial charge in [0.05, 0.1) is 17.6 Å². The maximum atomic E-state index is 5.39. The fraction of sp³-hybridized carbons (Fsp3) is 0.154. The molecule has 1 aromatic carbocycles. The summed E-state index contributed by atoms with van der Waals surface area (Å²) < 4.78 is 12.9. The van der Waals surface area contributed by atoms with Crippen LogP contribution in [0, 0.1) is 0 Å². The zero-order valence-electron chi connectivity index (χ0n) is 9.09. The zero-order chi connectivity index (χ0) is 11.2. The van der Waals surface area contributed by atoms with Gasteiger partial charge in [0.1, 0.15) is 0 Å². The van der Waals surface area contributed by atoms with Crippen LogP contribution < -0.4 is 9.47 Å². The van der Waals surface area contributed by atoms with E-state index in [2.05, 4.69) is 21.8 Å². The number of fused-ring (bicyclic) bond motifs is 3. The SMILES string of the molecule is C1=Nc2cc3c(cc2Cn2cccc21)OCO3. The molecule has 4 nitrogen and oxygen atoms in total. The molecule has 0 saturated heterocycles. The van der Waals surface area contributed by atoms with E-state index >= 15 is 0 Å². The van der Waals surface area contributed by atoms with E-state index in [4.69, 9.17) is 9.47 Å². The van der Waals surface area contributed by atoms with E-state index in [0.717, 1.165) is 35.0 Å². The van der Waals surface area contributed by atoms with Crippen LogP contribution >= 0.6 is 0 Å². The first-order valence-electron chi connectivity index (χ1n) is 5.52. The molecule has 0 unspecified atom stereocenters. The van der Waals surface area contributed by atoms with E-state index in [1.807, 2.05) is 24.4 Å². The maximum Gasteiger partial charge on any atom is 0.231 e. The molecular formula is C13H10N2O2. The first kappa shape index (κ1) is 8.87. The molecule has 0 N–H and O–H groups in total. The summed E-state index contributed by atoms with van der Waals surface area (Å²) in [6, 6.07) is 8.04. The van der Waals surface area contributed by atoms with Gasteiger partial charge in [-0.05, 0) is 18.2 Å². The Hall–Kier alpha value is -2.23. The predicted molar refractivity (Wildman–Crippen MR) is 63.4 cm³/mol. The summed E-state index contributed by atoms with van der Waals surface area (Å²) in [5.74, 6) is 1.60. The van der Waals surface area contributed by atoms with Gasteiger partial charge in [-0.15, -0.1) is 0 Å². The Bertz CT molecular complexity index is 628. The topological polar surface area (TPSA) is 35.8 Å². The van der Waals surface area contributed by atoms with Crippen LogP contribution in [0.15, 0.2) is 35.5 Å². The van der Waals surface area contributed by atoms with Gasteiger partial charge in [-0.2, -0.15) is 0 Å². The van der Waals surface area contributed by atoms with Crippen molar-refractivity contribution in [3.05, 3.63) is 41.7 Å². The van der Waals surface area contributed by atoms with E-state index in [1.165, 1.54) is 0 Å². The first-order valence-corrected chi connectivity index (χ1v) is 5.52. The minimum absolute atomic E-state index is 0.302. The molecule has 2 aromatic rings. The van der Waals surface area contributed by atoms with Crippen LogP contribution in [0.25, 0.3) is 0 Å². The molecule has 0 fully saturated rings. The molecule has 4 heteroatoms. The van der Waals surface area contributed by atoms with Crippen molar-refractivity contribution in [2.75, 3.05) is 6.79 Å². The number of nitrogens with zero attached hydrogens (tertiary/aromatic N) is 2. The Kier molecular flexibility index (Phi) is 1.63. The Morgan fingerprint density at radius 1 is 1.18 bits per heavy atom. The van der Waals surface area contributed by atoms with Gasteiger partial charge in [0, 0.05) is 24.4 Å². The minimum Gasteiger partial charge on any atom is -0.454 e. The van der Waals surface area contributed by atoms with E-state index in [0.29, 0.717) is 6.79 Å². The highest BCUT2D eigenvalue weighted by molar-refractivity contribution is 5.82. The number of hydrogen-bond donors (Lipinski definition) is 0. The number of hydrogen-bond acceptors (Lipinski definition) is 3. The van der Waals surface area contributed by atoms with Gasteiger partial charge < -0.3 is 14.0 Å². The highest BCUT2D eigenvalue weighted by Crippen LogP contribution is 2.39. The van der Waals surface area contributed by atoms with Crippen LogP contribution in [0.4, 0.5) is 5.69 Å². The summed E-state index contributed by atoms with van der Waals surface area (Å²) in [6.45, 7) is 1.12. The third-order valence-corrected chi connectivity index (χ3v) is 3.12. The maximum absolute atomic E-state index is 5.39. The van der Waals surface area contributed by atoms with E-state index in [1.54, 1.807) is 0 Å². The fourth-order valence-electron chi connectivity index (χ4n) is 2.23. The zero-order valence-corrected chi connectivity index (χ0v) is 9.09. The van der Waals surface area contributed by atoms with Crippen molar-refractivity contribution in [2.24, 2.45) is 4.99 Å². The quantitative estimate of drug-likeness (QED) is 0.589.